The highest BCUT2D eigenvalue weighted by Crippen LogP contribution is 2.33. The van der Waals surface area contributed by atoms with E-state index in [2.05, 4.69) is 15.0 Å². The first-order valence-electron chi connectivity index (χ1n) is 8.57. The van der Waals surface area contributed by atoms with Crippen LogP contribution >= 0.6 is 11.6 Å². The standard InChI is InChI=1S/C19H14ClF3N4O3/c1-27-8-14(19(21,22)23)25-16(27)10-3-4-11(13(7-10)28-2)9-30-17-15-12(5-6-29-15)24-18(20)26-17/h3-8H,9H2,1-2H3. The summed E-state index contributed by atoms with van der Waals surface area (Å²) in [4.78, 5) is 11.7. The number of halogens is 4. The third-order valence-corrected chi connectivity index (χ3v) is 4.49. The van der Waals surface area contributed by atoms with Gasteiger partial charge in [-0.1, -0.05) is 12.1 Å². The first kappa shape index (κ1) is 20.0. The molecule has 0 bridgehead atoms. The zero-order valence-electron chi connectivity index (χ0n) is 15.7. The van der Waals surface area contributed by atoms with Crippen molar-refractivity contribution in [2.75, 3.05) is 7.11 Å². The first-order valence-corrected chi connectivity index (χ1v) is 8.95. The van der Waals surface area contributed by atoms with Crippen LogP contribution in [0.2, 0.25) is 5.28 Å². The largest absolute Gasteiger partial charge is 0.496 e. The molecule has 7 nitrogen and oxygen atoms in total. The summed E-state index contributed by atoms with van der Waals surface area (Å²) >= 11 is 5.90. The van der Waals surface area contributed by atoms with Crippen molar-refractivity contribution >= 4 is 22.7 Å². The van der Waals surface area contributed by atoms with E-state index in [0.717, 1.165) is 6.20 Å². The number of imidazole rings is 1. The van der Waals surface area contributed by atoms with E-state index in [4.69, 9.17) is 25.5 Å². The highest BCUT2D eigenvalue weighted by atomic mass is 35.5. The number of nitrogens with zero attached hydrogens (tertiary/aromatic N) is 4. The predicted molar refractivity (Wildman–Crippen MR) is 101 cm³/mol. The topological polar surface area (TPSA) is 75.2 Å². The first-order chi connectivity index (χ1) is 14.3. The minimum atomic E-state index is -4.52. The fourth-order valence-corrected chi connectivity index (χ4v) is 3.10. The molecule has 11 heteroatoms. The summed E-state index contributed by atoms with van der Waals surface area (Å²) in [6, 6.07) is 6.54. The van der Waals surface area contributed by atoms with Gasteiger partial charge in [-0.25, -0.2) is 9.97 Å². The third-order valence-electron chi connectivity index (χ3n) is 4.32. The van der Waals surface area contributed by atoms with Crippen LogP contribution in [0, 0.1) is 0 Å². The van der Waals surface area contributed by atoms with Crippen molar-refractivity contribution in [2.45, 2.75) is 12.8 Å². The van der Waals surface area contributed by atoms with Gasteiger partial charge in [0, 0.05) is 30.4 Å². The molecule has 4 rings (SSSR count). The normalized spacial score (nSPS) is 11.8. The predicted octanol–water partition coefficient (Wildman–Crippen LogP) is 4.88. The van der Waals surface area contributed by atoms with E-state index in [0.29, 0.717) is 28.0 Å². The molecule has 156 valence electrons. The number of aromatic nitrogens is 4. The molecule has 0 aliphatic rings. The van der Waals surface area contributed by atoms with Crippen LogP contribution in [0.15, 0.2) is 41.1 Å². The van der Waals surface area contributed by atoms with E-state index in [-0.39, 0.29) is 23.6 Å². The smallest absolute Gasteiger partial charge is 0.434 e. The van der Waals surface area contributed by atoms with Crippen LogP contribution in [0.4, 0.5) is 13.2 Å². The van der Waals surface area contributed by atoms with Crippen LogP contribution < -0.4 is 9.47 Å². The second-order valence-electron chi connectivity index (χ2n) is 6.31. The summed E-state index contributed by atoms with van der Waals surface area (Å²) in [5, 5.41) is 0.0106. The molecule has 0 N–H and O–H groups in total. The molecule has 0 aliphatic heterocycles. The lowest BCUT2D eigenvalue weighted by Crippen LogP contribution is -2.05. The number of ether oxygens (including phenoxy) is 2. The molecule has 3 aromatic heterocycles. The molecule has 3 heterocycles. The summed E-state index contributed by atoms with van der Waals surface area (Å²) in [5.41, 5.74) is 0.993. The molecule has 0 spiro atoms. The Morgan fingerprint density at radius 2 is 1.97 bits per heavy atom. The molecule has 0 unspecified atom stereocenters. The van der Waals surface area contributed by atoms with E-state index in [1.54, 1.807) is 24.3 Å². The van der Waals surface area contributed by atoms with Gasteiger partial charge in [-0.05, 0) is 17.7 Å². The van der Waals surface area contributed by atoms with Gasteiger partial charge in [0.15, 0.2) is 5.69 Å². The zero-order chi connectivity index (χ0) is 21.5. The van der Waals surface area contributed by atoms with Crippen LogP contribution in [-0.4, -0.2) is 26.6 Å². The van der Waals surface area contributed by atoms with Gasteiger partial charge >= 0.3 is 6.18 Å². The number of fused-ring (bicyclic) bond motifs is 1. The van der Waals surface area contributed by atoms with Crippen molar-refractivity contribution in [1.29, 1.82) is 0 Å². The Balaban J connectivity index is 1.62. The number of aryl methyl sites for hydroxylation is 1. The van der Waals surface area contributed by atoms with Gasteiger partial charge in [0.1, 0.15) is 23.7 Å². The van der Waals surface area contributed by atoms with E-state index >= 15 is 0 Å². The van der Waals surface area contributed by atoms with Gasteiger partial charge in [0.05, 0.1) is 13.4 Å². The SMILES string of the molecule is COc1cc(-c2nc(C(F)(F)F)cn2C)ccc1COc1nc(Cl)nc2ccoc12. The van der Waals surface area contributed by atoms with E-state index < -0.39 is 11.9 Å². The number of methoxy groups -OCH3 is 1. The van der Waals surface area contributed by atoms with Gasteiger partial charge in [-0.2, -0.15) is 18.2 Å². The van der Waals surface area contributed by atoms with Crippen LogP contribution in [0.1, 0.15) is 11.3 Å². The Morgan fingerprint density at radius 1 is 1.17 bits per heavy atom. The molecule has 1 aromatic carbocycles. The number of hydrogen-bond donors (Lipinski definition) is 0. The summed E-state index contributed by atoms with van der Waals surface area (Å²) in [6.45, 7) is 0.0565. The number of alkyl halides is 3. The summed E-state index contributed by atoms with van der Waals surface area (Å²) in [7, 11) is 2.95. The van der Waals surface area contributed by atoms with Crippen molar-refractivity contribution in [3.05, 3.63) is 53.3 Å². The van der Waals surface area contributed by atoms with Gasteiger partial charge in [-0.3, -0.25) is 0 Å². The summed E-state index contributed by atoms with van der Waals surface area (Å²) < 4.78 is 56.6. The Kier molecular flexibility index (Phi) is 5.02. The minimum absolute atomic E-state index is 0.0106. The Labute approximate surface area is 173 Å². The average molecular weight is 439 g/mol. The highest BCUT2D eigenvalue weighted by Gasteiger charge is 2.34. The maximum atomic E-state index is 12.9. The van der Waals surface area contributed by atoms with Crippen molar-refractivity contribution < 1.29 is 27.1 Å². The lowest BCUT2D eigenvalue weighted by molar-refractivity contribution is -0.140. The number of benzene rings is 1. The molecule has 0 amide bonds. The van der Waals surface area contributed by atoms with E-state index in [1.807, 2.05) is 0 Å². The molecule has 0 aliphatic carbocycles. The van der Waals surface area contributed by atoms with Crippen molar-refractivity contribution in [2.24, 2.45) is 7.05 Å². The third kappa shape index (κ3) is 3.78. The van der Waals surface area contributed by atoms with Gasteiger partial charge in [-0.15, -0.1) is 0 Å². The Hall–Kier alpha value is -3.27. The van der Waals surface area contributed by atoms with E-state index in [1.165, 1.54) is 25.0 Å². The van der Waals surface area contributed by atoms with Crippen LogP contribution in [0.3, 0.4) is 0 Å². The van der Waals surface area contributed by atoms with Gasteiger partial charge in [0.25, 0.3) is 5.88 Å². The maximum Gasteiger partial charge on any atom is 0.434 e. The quantitative estimate of drug-likeness (QED) is 0.413. The molecule has 0 atom stereocenters. The number of rotatable bonds is 5. The Morgan fingerprint density at radius 3 is 2.67 bits per heavy atom. The molecule has 0 radical (unpaired) electrons. The molecular weight excluding hydrogens is 425 g/mol. The number of furan rings is 1. The van der Waals surface area contributed by atoms with Crippen LogP contribution in [-0.2, 0) is 19.8 Å². The van der Waals surface area contributed by atoms with Crippen LogP contribution in [0.25, 0.3) is 22.5 Å². The number of hydrogen-bond acceptors (Lipinski definition) is 6. The van der Waals surface area contributed by atoms with Crippen molar-refractivity contribution in [3.8, 4) is 23.0 Å². The monoisotopic (exact) mass is 438 g/mol. The van der Waals surface area contributed by atoms with Gasteiger partial charge < -0.3 is 18.5 Å². The minimum Gasteiger partial charge on any atom is -0.496 e. The lowest BCUT2D eigenvalue weighted by atomic mass is 10.1. The molecule has 0 fully saturated rings. The fraction of sp³-hybridized carbons (Fsp3) is 0.211. The maximum absolute atomic E-state index is 12.9. The summed E-state index contributed by atoms with van der Waals surface area (Å²) in [6.07, 6.45) is -2.14. The second-order valence-corrected chi connectivity index (χ2v) is 6.64. The molecule has 4 aromatic rings. The highest BCUT2D eigenvalue weighted by molar-refractivity contribution is 6.28. The van der Waals surface area contributed by atoms with Gasteiger partial charge in [0.2, 0.25) is 10.9 Å². The average Bonchev–Trinajstić information content (AvgIpc) is 3.32. The van der Waals surface area contributed by atoms with Crippen molar-refractivity contribution in [1.82, 2.24) is 19.5 Å². The molecular formula is C19H14ClF3N4O3. The zero-order valence-corrected chi connectivity index (χ0v) is 16.5. The molecule has 30 heavy (non-hydrogen) atoms. The van der Waals surface area contributed by atoms with E-state index in [9.17, 15) is 13.2 Å². The van der Waals surface area contributed by atoms with Crippen molar-refractivity contribution in [3.63, 3.8) is 0 Å². The lowest BCUT2D eigenvalue weighted by Gasteiger charge is -2.12. The fourth-order valence-electron chi connectivity index (χ4n) is 2.93. The molecule has 0 saturated carbocycles. The Bertz CT molecular complexity index is 1220. The van der Waals surface area contributed by atoms with Crippen LogP contribution in [0.5, 0.6) is 11.6 Å². The summed E-state index contributed by atoms with van der Waals surface area (Å²) in [5.74, 6) is 0.743. The molecule has 0 saturated heterocycles. The second kappa shape index (κ2) is 7.52.